The van der Waals surface area contributed by atoms with E-state index in [9.17, 15) is 18.4 Å². The van der Waals surface area contributed by atoms with Gasteiger partial charge in [-0.3, -0.25) is 14.5 Å². The first-order chi connectivity index (χ1) is 25.7. The highest BCUT2D eigenvalue weighted by Gasteiger charge is 2.37. The minimum atomic E-state index is -0.820. The van der Waals surface area contributed by atoms with E-state index in [1.807, 2.05) is 19.1 Å². The second-order valence-electron chi connectivity index (χ2n) is 14.4. The molecule has 2 bridgehead atoms. The molecule has 3 aliphatic rings. The number of fused-ring (bicyclic) bond motifs is 4. The molecule has 0 saturated carbocycles. The summed E-state index contributed by atoms with van der Waals surface area (Å²) in [6, 6.07) is 13.5. The van der Waals surface area contributed by atoms with Gasteiger partial charge in [-0.25, -0.2) is 8.78 Å². The Morgan fingerprint density at radius 1 is 0.796 bits per heavy atom. The molecule has 1 amide bonds. The van der Waals surface area contributed by atoms with E-state index in [-0.39, 0.29) is 34.8 Å². The van der Waals surface area contributed by atoms with Crippen molar-refractivity contribution in [1.29, 1.82) is 0 Å². The van der Waals surface area contributed by atoms with E-state index in [0.29, 0.717) is 47.1 Å². The zero-order valence-corrected chi connectivity index (χ0v) is 33.3. The summed E-state index contributed by atoms with van der Waals surface area (Å²) in [5.74, 6) is -0.612. The van der Waals surface area contributed by atoms with Crippen molar-refractivity contribution < 1.29 is 49.3 Å². The van der Waals surface area contributed by atoms with Crippen LogP contribution in [0.3, 0.4) is 0 Å². The number of carbonyl (C=O) groups is 1. The average Bonchev–Trinajstić information content (AvgIpc) is 3.17. The fourth-order valence-electron chi connectivity index (χ4n) is 7.68. The van der Waals surface area contributed by atoms with Gasteiger partial charge in [0.15, 0.2) is 0 Å². The van der Waals surface area contributed by atoms with Crippen LogP contribution in [0, 0.1) is 11.6 Å². The molecule has 0 unspecified atom stereocenters. The minimum Gasteiger partial charge on any atom is -1.00 e. The largest absolute Gasteiger partial charge is 1.00 e. The average molecular weight is 812 g/mol. The maximum atomic E-state index is 14.2. The van der Waals surface area contributed by atoms with Crippen molar-refractivity contribution >= 4 is 22.5 Å². The molecule has 9 nitrogen and oxygen atoms in total. The molecule has 12 heteroatoms. The summed E-state index contributed by atoms with van der Waals surface area (Å²) in [6.45, 7) is 13.9. The van der Waals surface area contributed by atoms with Crippen molar-refractivity contribution in [3.05, 3.63) is 88.2 Å². The first kappa shape index (κ1) is 41.2. The molecule has 292 valence electrons. The molecular formula is C42H53BrF2N4O5. The first-order valence-electron chi connectivity index (χ1n) is 19.2. The molecule has 0 atom stereocenters. The lowest BCUT2D eigenvalue weighted by Crippen LogP contribution is -3.00. The highest BCUT2D eigenvalue weighted by atomic mass is 79.9. The van der Waals surface area contributed by atoms with Crippen LogP contribution in [0.4, 0.5) is 14.5 Å². The van der Waals surface area contributed by atoms with Gasteiger partial charge in [0.1, 0.15) is 34.4 Å². The number of halogens is 3. The van der Waals surface area contributed by atoms with Crippen LogP contribution in [0.15, 0.2) is 65.6 Å². The molecule has 3 saturated heterocycles. The second-order valence-corrected chi connectivity index (χ2v) is 14.4. The summed E-state index contributed by atoms with van der Waals surface area (Å²) in [6.07, 6.45) is 9.30. The van der Waals surface area contributed by atoms with Gasteiger partial charge >= 0.3 is 0 Å². The maximum absolute atomic E-state index is 14.2. The number of rotatable bonds is 18. The fraction of sp³-hybridized carbons (Fsp3) is 0.476. The molecule has 3 aliphatic heterocycles. The standard InChI is InChI=1S/C42H53F2N4O5.BrH/c1-4-21-52-37-27-34(26-36(28-37)51-3)47-30-39(42(50)46(5-2)33-24-31(43)23-32(44)25-33)41(49)38-13-12-35(29-40(38)47)53-22-11-9-7-6-8-10-17-48-18-14-45(15-19-48)16-20-48;/h12-13,23-30H,4-11,14-22H2,1-3H3;1H/q+1;/p-1. The van der Waals surface area contributed by atoms with Crippen LogP contribution < -0.4 is 41.5 Å². The predicted molar refractivity (Wildman–Crippen MR) is 205 cm³/mol. The van der Waals surface area contributed by atoms with Gasteiger partial charge in [-0.2, -0.15) is 0 Å². The lowest BCUT2D eigenvalue weighted by Gasteiger charge is -2.50. The number of hydrogen-bond donors (Lipinski definition) is 0. The molecule has 0 spiro atoms. The lowest BCUT2D eigenvalue weighted by molar-refractivity contribution is -0.941. The first-order valence-corrected chi connectivity index (χ1v) is 19.2. The van der Waals surface area contributed by atoms with Gasteiger partial charge in [0.2, 0.25) is 5.43 Å². The Morgan fingerprint density at radius 3 is 2.11 bits per heavy atom. The Hall–Kier alpha value is -4.00. The number of unbranched alkanes of at least 4 members (excludes halogenated alkanes) is 5. The summed E-state index contributed by atoms with van der Waals surface area (Å²) in [7, 11) is 1.56. The summed E-state index contributed by atoms with van der Waals surface area (Å²) in [5.41, 5.74) is 0.490. The third-order valence-corrected chi connectivity index (χ3v) is 10.7. The number of amides is 1. The van der Waals surface area contributed by atoms with Crippen LogP contribution in [0.1, 0.15) is 69.2 Å². The number of carbonyl (C=O) groups excluding carboxylic acids is 1. The summed E-state index contributed by atoms with van der Waals surface area (Å²) < 4.78 is 49.2. The van der Waals surface area contributed by atoms with Gasteiger partial charge in [0, 0.05) is 73.8 Å². The van der Waals surface area contributed by atoms with Crippen molar-refractivity contribution in [2.75, 3.05) is 77.6 Å². The van der Waals surface area contributed by atoms with Crippen molar-refractivity contribution in [3.8, 4) is 22.9 Å². The topological polar surface area (TPSA) is 73.2 Å². The highest BCUT2D eigenvalue weighted by molar-refractivity contribution is 6.07. The zero-order valence-electron chi connectivity index (χ0n) is 31.8. The monoisotopic (exact) mass is 810 g/mol. The summed E-state index contributed by atoms with van der Waals surface area (Å²) in [4.78, 5) is 31.8. The number of pyridine rings is 1. The maximum Gasteiger partial charge on any atom is 0.263 e. The quantitative estimate of drug-likeness (QED) is 0.108. The van der Waals surface area contributed by atoms with Crippen LogP contribution in [0.25, 0.3) is 16.6 Å². The molecule has 3 aromatic carbocycles. The summed E-state index contributed by atoms with van der Waals surface area (Å²) in [5, 5.41) is 0.292. The smallest absolute Gasteiger partial charge is 0.263 e. The van der Waals surface area contributed by atoms with Crippen molar-refractivity contribution in [2.24, 2.45) is 0 Å². The predicted octanol–water partition coefficient (Wildman–Crippen LogP) is 4.60. The van der Waals surface area contributed by atoms with Gasteiger partial charge in [-0.05, 0) is 56.9 Å². The van der Waals surface area contributed by atoms with Gasteiger partial charge in [0.25, 0.3) is 5.91 Å². The normalized spacial score (nSPS) is 17.6. The van der Waals surface area contributed by atoms with Crippen LogP contribution in [0.2, 0.25) is 0 Å². The van der Waals surface area contributed by atoms with E-state index in [1.165, 1.54) is 87.1 Å². The summed E-state index contributed by atoms with van der Waals surface area (Å²) >= 11 is 0. The molecule has 54 heavy (non-hydrogen) atoms. The minimum absolute atomic E-state index is 0. The van der Waals surface area contributed by atoms with Crippen LogP contribution in [-0.4, -0.2) is 92.5 Å². The van der Waals surface area contributed by atoms with E-state index >= 15 is 0 Å². The Bertz CT molecular complexity index is 1910. The second kappa shape index (κ2) is 19.0. The van der Waals surface area contributed by atoms with E-state index in [1.54, 1.807) is 42.9 Å². The number of anilines is 1. The van der Waals surface area contributed by atoms with E-state index in [4.69, 9.17) is 14.2 Å². The number of piperazine rings is 3. The molecule has 4 aromatic rings. The van der Waals surface area contributed by atoms with Gasteiger partial charge in [-0.1, -0.05) is 26.2 Å². The van der Waals surface area contributed by atoms with E-state index < -0.39 is 23.0 Å². The number of methoxy groups -OCH3 is 1. The zero-order chi connectivity index (χ0) is 37.4. The number of benzene rings is 3. The molecule has 1 aromatic heterocycles. The van der Waals surface area contributed by atoms with E-state index in [0.717, 1.165) is 37.5 Å². The molecule has 0 aliphatic carbocycles. The Labute approximate surface area is 327 Å². The molecule has 0 radical (unpaired) electrons. The van der Waals surface area contributed by atoms with Gasteiger partial charge in [-0.15, -0.1) is 0 Å². The third-order valence-electron chi connectivity index (χ3n) is 10.7. The number of nitrogens with zero attached hydrogens (tertiary/aromatic N) is 4. The molecule has 4 heterocycles. The Balaban J connectivity index is 0.00000561. The van der Waals surface area contributed by atoms with Gasteiger partial charge < -0.3 is 45.1 Å². The highest BCUT2D eigenvalue weighted by Crippen LogP contribution is 2.30. The van der Waals surface area contributed by atoms with Crippen molar-refractivity contribution in [3.63, 3.8) is 0 Å². The number of hydrogen-bond acceptors (Lipinski definition) is 6. The van der Waals surface area contributed by atoms with Crippen molar-refractivity contribution in [1.82, 2.24) is 9.47 Å². The molecule has 7 rings (SSSR count). The number of aromatic nitrogens is 1. The lowest BCUT2D eigenvalue weighted by atomic mass is 10.1. The SMILES string of the molecule is CCCOc1cc(OC)cc(-n2cc(C(=O)N(CC)c3cc(F)cc(F)c3)c(=O)c3ccc(OCCCCCCCC[N+]45CCN(CC4)CC5)cc32)c1.[Br-]. The van der Waals surface area contributed by atoms with Crippen LogP contribution in [0.5, 0.6) is 17.2 Å². The molecular weight excluding hydrogens is 758 g/mol. The number of quaternary nitrogens is 1. The van der Waals surface area contributed by atoms with Crippen molar-refractivity contribution in [2.45, 2.75) is 58.8 Å². The Morgan fingerprint density at radius 2 is 1.44 bits per heavy atom. The van der Waals surface area contributed by atoms with Crippen LogP contribution >= 0.6 is 0 Å². The fourth-order valence-corrected chi connectivity index (χ4v) is 7.68. The Kier molecular flexibility index (Phi) is 14.5. The van der Waals surface area contributed by atoms with Gasteiger partial charge in [0.05, 0.1) is 57.7 Å². The molecule has 0 N–H and O–H groups in total. The van der Waals surface area contributed by atoms with Crippen LogP contribution in [-0.2, 0) is 0 Å². The molecule has 3 fully saturated rings. The van der Waals surface area contributed by atoms with E-state index in [2.05, 4.69) is 4.90 Å². The number of ether oxygens (including phenoxy) is 3. The third kappa shape index (κ3) is 9.80.